The lowest BCUT2D eigenvalue weighted by Crippen LogP contribution is -2.51. The highest BCUT2D eigenvalue weighted by Crippen LogP contribution is 2.45. The van der Waals surface area contributed by atoms with Crippen molar-refractivity contribution in [1.29, 1.82) is 0 Å². The number of alkyl halides is 1. The fraction of sp³-hybridized carbons (Fsp3) is 0.385. The highest BCUT2D eigenvalue weighted by Gasteiger charge is 2.44. The van der Waals surface area contributed by atoms with Crippen LogP contribution in [-0.2, 0) is 4.79 Å². The van der Waals surface area contributed by atoms with E-state index in [0.29, 0.717) is 22.9 Å². The summed E-state index contributed by atoms with van der Waals surface area (Å²) in [6.45, 7) is 6.13. The van der Waals surface area contributed by atoms with Crippen molar-refractivity contribution in [2.24, 2.45) is 0 Å². The van der Waals surface area contributed by atoms with E-state index >= 15 is 0 Å². The number of phenols is 1. The summed E-state index contributed by atoms with van der Waals surface area (Å²) >= 11 is 0. The largest absolute Gasteiger partial charge is 0.508 e. The number of rotatable bonds is 10. The zero-order valence-electron chi connectivity index (χ0n) is 29.1. The van der Waals surface area contributed by atoms with Gasteiger partial charge in [-0.3, -0.25) is 9.78 Å². The molecule has 270 valence electrons. The number of nitrogens with zero attached hydrogens (tertiary/aromatic N) is 5. The van der Waals surface area contributed by atoms with Crippen LogP contribution in [0.3, 0.4) is 0 Å². The van der Waals surface area contributed by atoms with Crippen LogP contribution in [-0.4, -0.2) is 81.5 Å². The predicted molar refractivity (Wildman–Crippen MR) is 192 cm³/mol. The fourth-order valence-corrected chi connectivity index (χ4v) is 7.79. The van der Waals surface area contributed by atoms with Gasteiger partial charge in [0.25, 0.3) is 5.88 Å². The molecule has 3 aliphatic rings. The predicted octanol–water partition coefficient (Wildman–Crippen LogP) is 6.12. The summed E-state index contributed by atoms with van der Waals surface area (Å²) in [6, 6.07) is 9.37. The minimum Gasteiger partial charge on any atom is -0.508 e. The Morgan fingerprint density at radius 1 is 1.25 bits per heavy atom. The number of ether oxygens (including phenoxy) is 3. The Morgan fingerprint density at radius 2 is 2.02 bits per heavy atom. The molecule has 0 bridgehead atoms. The van der Waals surface area contributed by atoms with E-state index < -0.39 is 29.2 Å². The number of carbonyl (C=O) groups is 1. The lowest BCUT2D eigenvalue weighted by molar-refractivity contribution is -0.129. The molecule has 1 amide bonds. The molecule has 11 nitrogen and oxygen atoms in total. The Morgan fingerprint density at radius 3 is 2.75 bits per heavy atom. The van der Waals surface area contributed by atoms with Gasteiger partial charge in [0, 0.05) is 55.6 Å². The minimum absolute atomic E-state index is 0.0331. The number of nitrogens with one attached hydrogen (secondary N) is 1. The SMILES string of the molecule is C#Cc1c(F)ccc2cc(O)cc(C3COc4c(NCC5(N(C)C(=O)C=C)CCCC5)nc(OC[C@]5(C)C[C@@H](F)CN5c5ccncc5)nc4O3)c12. The molecule has 0 spiro atoms. The molecule has 3 atom stereocenters. The number of pyridine rings is 1. The van der Waals surface area contributed by atoms with Gasteiger partial charge >= 0.3 is 6.01 Å². The van der Waals surface area contributed by atoms with E-state index in [1.54, 1.807) is 24.3 Å². The lowest BCUT2D eigenvalue weighted by atomic mass is 9.95. The van der Waals surface area contributed by atoms with Crippen molar-refractivity contribution < 1.29 is 32.9 Å². The molecule has 1 aliphatic carbocycles. The highest BCUT2D eigenvalue weighted by molar-refractivity contribution is 5.93. The molecule has 2 fully saturated rings. The van der Waals surface area contributed by atoms with Gasteiger partial charge in [-0.05, 0) is 61.6 Å². The smallest absolute Gasteiger partial charge is 0.322 e. The molecular formula is C39H40F2N6O5. The topological polar surface area (TPSA) is 122 Å². The molecule has 0 radical (unpaired) electrons. The van der Waals surface area contributed by atoms with Gasteiger partial charge in [-0.25, -0.2) is 8.78 Å². The molecule has 7 rings (SSSR count). The van der Waals surface area contributed by atoms with Crippen LogP contribution in [0.4, 0.5) is 20.3 Å². The van der Waals surface area contributed by atoms with Crippen LogP contribution in [0.5, 0.6) is 23.4 Å². The van der Waals surface area contributed by atoms with Crippen molar-refractivity contribution in [3.8, 4) is 35.7 Å². The molecule has 4 aromatic rings. The van der Waals surface area contributed by atoms with Crippen molar-refractivity contribution in [3.05, 3.63) is 78.4 Å². The van der Waals surface area contributed by atoms with Gasteiger partial charge in [0.2, 0.25) is 11.7 Å². The molecule has 2 aliphatic heterocycles. The zero-order valence-corrected chi connectivity index (χ0v) is 29.1. The normalized spacial score (nSPS) is 21.8. The second-order valence-corrected chi connectivity index (χ2v) is 13.9. The Labute approximate surface area is 300 Å². The summed E-state index contributed by atoms with van der Waals surface area (Å²) < 4.78 is 48.9. The van der Waals surface area contributed by atoms with E-state index in [1.807, 2.05) is 24.0 Å². The van der Waals surface area contributed by atoms with Crippen LogP contribution >= 0.6 is 0 Å². The molecule has 4 heterocycles. The summed E-state index contributed by atoms with van der Waals surface area (Å²) in [7, 11) is 1.77. The molecule has 1 saturated heterocycles. The van der Waals surface area contributed by atoms with Gasteiger partial charge in [-0.2, -0.15) is 9.97 Å². The van der Waals surface area contributed by atoms with Crippen molar-refractivity contribution in [2.45, 2.75) is 62.4 Å². The van der Waals surface area contributed by atoms with Crippen molar-refractivity contribution >= 4 is 28.2 Å². The van der Waals surface area contributed by atoms with E-state index in [0.717, 1.165) is 31.4 Å². The van der Waals surface area contributed by atoms with E-state index in [4.69, 9.17) is 25.6 Å². The monoisotopic (exact) mass is 710 g/mol. The third-order valence-corrected chi connectivity index (χ3v) is 10.5. The number of halogens is 2. The third kappa shape index (κ3) is 6.38. The number of aromatic hydroxyl groups is 1. The maximum atomic E-state index is 14.9. The Bertz CT molecular complexity index is 2050. The Kier molecular flexibility index (Phi) is 9.25. The van der Waals surface area contributed by atoms with Crippen molar-refractivity contribution in [1.82, 2.24) is 19.9 Å². The van der Waals surface area contributed by atoms with Gasteiger partial charge < -0.3 is 34.4 Å². The molecule has 2 N–H and O–H groups in total. The summed E-state index contributed by atoms with van der Waals surface area (Å²) in [6.07, 6.45) is 12.1. The van der Waals surface area contributed by atoms with Crippen LogP contribution in [0, 0.1) is 18.2 Å². The van der Waals surface area contributed by atoms with Crippen LogP contribution in [0.15, 0.2) is 61.4 Å². The van der Waals surface area contributed by atoms with Crippen LogP contribution < -0.4 is 24.4 Å². The van der Waals surface area contributed by atoms with Crippen molar-refractivity contribution in [2.75, 3.05) is 43.6 Å². The summed E-state index contributed by atoms with van der Waals surface area (Å²) in [5.41, 5.74) is 0.0162. The summed E-state index contributed by atoms with van der Waals surface area (Å²) in [5.74, 6) is 2.15. The number of hydrogen-bond donors (Lipinski definition) is 2. The average molecular weight is 711 g/mol. The quantitative estimate of drug-likeness (QED) is 0.147. The molecule has 2 aromatic heterocycles. The van der Waals surface area contributed by atoms with E-state index in [9.17, 15) is 18.7 Å². The van der Waals surface area contributed by atoms with E-state index in [-0.39, 0.29) is 66.9 Å². The lowest BCUT2D eigenvalue weighted by Gasteiger charge is -2.39. The minimum atomic E-state index is -1.08. The first kappa shape index (κ1) is 34.8. The first-order valence-corrected chi connectivity index (χ1v) is 17.3. The number of aromatic nitrogens is 3. The van der Waals surface area contributed by atoms with Crippen molar-refractivity contribution in [3.63, 3.8) is 0 Å². The summed E-state index contributed by atoms with van der Waals surface area (Å²) in [5, 5.41) is 14.9. The van der Waals surface area contributed by atoms with Crippen LogP contribution in [0.25, 0.3) is 10.8 Å². The molecule has 1 saturated carbocycles. The van der Waals surface area contributed by atoms with Gasteiger partial charge in [-0.1, -0.05) is 31.4 Å². The number of carbonyl (C=O) groups excluding carboxylic acids is 1. The molecular weight excluding hydrogens is 670 g/mol. The number of phenolic OH excluding ortho intramolecular Hbond substituents is 1. The van der Waals surface area contributed by atoms with Crippen LogP contribution in [0.1, 0.15) is 56.3 Å². The number of benzene rings is 2. The maximum Gasteiger partial charge on any atom is 0.322 e. The number of hydrogen-bond acceptors (Lipinski definition) is 10. The number of fused-ring (bicyclic) bond motifs is 2. The van der Waals surface area contributed by atoms with Gasteiger partial charge in [0.15, 0.2) is 11.9 Å². The zero-order chi connectivity index (χ0) is 36.6. The molecule has 1 unspecified atom stereocenters. The molecule has 2 aromatic carbocycles. The number of anilines is 2. The highest BCUT2D eigenvalue weighted by atomic mass is 19.1. The maximum absolute atomic E-state index is 14.9. The number of likely N-dealkylation sites (N-methyl/N-ethyl adjacent to an activating group) is 1. The van der Waals surface area contributed by atoms with Gasteiger partial charge in [-0.15, -0.1) is 6.42 Å². The fourth-order valence-electron chi connectivity index (χ4n) is 7.79. The van der Waals surface area contributed by atoms with E-state index in [2.05, 4.69) is 27.8 Å². The van der Waals surface area contributed by atoms with E-state index in [1.165, 1.54) is 30.3 Å². The second-order valence-electron chi connectivity index (χ2n) is 13.9. The van der Waals surface area contributed by atoms with Gasteiger partial charge in [0.05, 0.1) is 16.6 Å². The molecule has 52 heavy (non-hydrogen) atoms. The standard InChI is InChI=1S/C39H40F2N6O5/c1-5-28-30(41)10-9-24-17-27(48)18-29(33(24)28)31-21-50-34-35(43-22-39(13-7-8-14-39)46(4)32(49)6-2)44-37(45-36(34)52-31)51-23-38(3)19-25(40)20-47(38)26-11-15-42-16-12-26/h1,6,9-12,15-18,25,31,48H,2,7-8,13-14,19-23H2,3-4H3,(H,43,44,45)/t25-,31?,38+/m1/s1. The number of amides is 1. The average Bonchev–Trinajstić information content (AvgIpc) is 3.76. The third-order valence-electron chi connectivity index (χ3n) is 10.5. The Hall–Kier alpha value is -5.64. The Balaban J connectivity index is 1.24. The first-order valence-electron chi connectivity index (χ1n) is 17.3. The second kappa shape index (κ2) is 13.8. The first-order chi connectivity index (χ1) is 25.0. The summed E-state index contributed by atoms with van der Waals surface area (Å²) in [4.78, 5) is 29.8. The molecule has 13 heteroatoms. The number of terminal acetylenes is 1. The van der Waals surface area contributed by atoms with Gasteiger partial charge in [0.1, 0.15) is 31.0 Å². The van der Waals surface area contributed by atoms with Crippen LogP contribution in [0.2, 0.25) is 0 Å².